The molecule has 1 aromatic heterocycles. The molecule has 1 heterocycles. The van der Waals surface area contributed by atoms with E-state index in [-0.39, 0.29) is 11.5 Å². The number of rotatable bonds is 5. The Bertz CT molecular complexity index is 635. The van der Waals surface area contributed by atoms with Crippen LogP contribution in [0.25, 0.3) is 5.57 Å². The Morgan fingerprint density at radius 3 is 2.60 bits per heavy atom. The summed E-state index contributed by atoms with van der Waals surface area (Å²) in [6.07, 6.45) is 0.929. The molecule has 102 valence electrons. The molecule has 0 aliphatic heterocycles. The summed E-state index contributed by atoms with van der Waals surface area (Å²) >= 11 is 0. The molecule has 0 fully saturated rings. The number of nitrogens with one attached hydrogen (secondary N) is 1. The van der Waals surface area contributed by atoms with Crippen molar-refractivity contribution in [2.45, 2.75) is 6.43 Å². The predicted molar refractivity (Wildman–Crippen MR) is 70.1 cm³/mol. The van der Waals surface area contributed by atoms with E-state index >= 15 is 0 Å². The molecule has 5 nitrogen and oxygen atoms in total. The van der Waals surface area contributed by atoms with Crippen molar-refractivity contribution in [3.63, 3.8) is 0 Å². The number of benzene rings is 1. The normalized spacial score (nSPS) is 12.2. The highest BCUT2D eigenvalue weighted by atomic mass is 19.3. The van der Waals surface area contributed by atoms with Crippen LogP contribution >= 0.6 is 0 Å². The van der Waals surface area contributed by atoms with Gasteiger partial charge in [-0.05, 0) is 5.56 Å². The number of aliphatic imine (C=N–C) groups is 1. The van der Waals surface area contributed by atoms with Crippen LogP contribution in [-0.4, -0.2) is 22.6 Å². The molecule has 0 amide bonds. The summed E-state index contributed by atoms with van der Waals surface area (Å²) in [5, 5.41) is 13.8. The molecule has 0 radical (unpaired) electrons. The number of allylic oxidation sites excluding steroid dienone is 1. The minimum atomic E-state index is -2.84. The zero-order chi connectivity index (χ0) is 14.4. The summed E-state index contributed by atoms with van der Waals surface area (Å²) in [5.74, 6) is -0.944. The first-order chi connectivity index (χ1) is 9.70. The van der Waals surface area contributed by atoms with Crippen molar-refractivity contribution >= 4 is 18.0 Å². The molecule has 0 aliphatic carbocycles. The fraction of sp³-hybridized carbons (Fsp3) is 0.0769. The van der Waals surface area contributed by atoms with Gasteiger partial charge in [-0.2, -0.15) is 8.78 Å². The zero-order valence-electron chi connectivity index (χ0n) is 10.2. The van der Waals surface area contributed by atoms with E-state index in [0.717, 1.165) is 11.8 Å². The highest BCUT2D eigenvalue weighted by Crippen LogP contribution is 2.19. The van der Waals surface area contributed by atoms with E-state index in [9.17, 15) is 8.78 Å². The Kier molecular flexibility index (Phi) is 4.43. The minimum Gasteiger partial charge on any atom is -0.415 e. The second-order valence-electron chi connectivity index (χ2n) is 3.66. The maximum Gasteiger partial charge on any atom is 0.314 e. The molecule has 0 bridgehead atoms. The van der Waals surface area contributed by atoms with E-state index in [1.165, 1.54) is 6.20 Å². The summed E-state index contributed by atoms with van der Waals surface area (Å²) in [7, 11) is 0. The van der Waals surface area contributed by atoms with Gasteiger partial charge in [0.2, 0.25) is 0 Å². The lowest BCUT2D eigenvalue weighted by Gasteiger charge is -1.92. The van der Waals surface area contributed by atoms with Gasteiger partial charge in [-0.1, -0.05) is 30.3 Å². The largest absolute Gasteiger partial charge is 0.415 e. The van der Waals surface area contributed by atoms with Gasteiger partial charge in [0.1, 0.15) is 0 Å². The standard InChI is InChI=1S/C13H10F2N4O/c14-11(15)13-19-18-12(20-13)10(6-16)8-17-7-9-4-2-1-3-5-9/h1-8,11,16H/b10-8+,16-6?,17-7+. The molecule has 0 spiro atoms. The van der Waals surface area contributed by atoms with Gasteiger partial charge in [-0.15, -0.1) is 10.2 Å². The first-order valence-electron chi connectivity index (χ1n) is 5.61. The molecule has 0 aliphatic rings. The number of alkyl halides is 2. The van der Waals surface area contributed by atoms with Gasteiger partial charge in [0, 0.05) is 18.6 Å². The van der Waals surface area contributed by atoms with Crippen LogP contribution in [0.2, 0.25) is 0 Å². The van der Waals surface area contributed by atoms with Crippen molar-refractivity contribution in [1.29, 1.82) is 5.41 Å². The summed E-state index contributed by atoms with van der Waals surface area (Å²) in [4.78, 5) is 3.99. The third kappa shape index (κ3) is 3.41. The van der Waals surface area contributed by atoms with E-state index in [2.05, 4.69) is 15.2 Å². The lowest BCUT2D eigenvalue weighted by molar-refractivity contribution is 0.114. The Morgan fingerprint density at radius 1 is 1.25 bits per heavy atom. The van der Waals surface area contributed by atoms with Gasteiger partial charge in [-0.25, -0.2) is 0 Å². The highest BCUT2D eigenvalue weighted by Gasteiger charge is 2.17. The molecule has 0 unspecified atom stereocenters. The van der Waals surface area contributed by atoms with Crippen molar-refractivity contribution in [3.05, 3.63) is 53.9 Å². The van der Waals surface area contributed by atoms with Crippen molar-refractivity contribution in [2.24, 2.45) is 4.99 Å². The molecule has 0 atom stereocenters. The van der Waals surface area contributed by atoms with E-state index in [0.29, 0.717) is 0 Å². The maximum atomic E-state index is 12.3. The summed E-state index contributed by atoms with van der Waals surface area (Å²) < 4.78 is 29.4. The van der Waals surface area contributed by atoms with Gasteiger partial charge in [0.15, 0.2) is 0 Å². The van der Waals surface area contributed by atoms with Crippen LogP contribution in [0.3, 0.4) is 0 Å². The van der Waals surface area contributed by atoms with Crippen molar-refractivity contribution < 1.29 is 13.2 Å². The Hall–Kier alpha value is -2.70. The first kappa shape index (κ1) is 13.7. The molecule has 7 heteroatoms. The van der Waals surface area contributed by atoms with Crippen LogP contribution in [0.15, 0.2) is 45.9 Å². The Balaban J connectivity index is 2.17. The Labute approximate surface area is 113 Å². The van der Waals surface area contributed by atoms with Gasteiger partial charge >= 0.3 is 6.43 Å². The average molecular weight is 276 g/mol. The summed E-state index contributed by atoms with van der Waals surface area (Å²) in [6.45, 7) is 0. The molecule has 2 rings (SSSR count). The number of nitrogens with zero attached hydrogens (tertiary/aromatic N) is 3. The van der Waals surface area contributed by atoms with E-state index in [4.69, 9.17) is 9.83 Å². The third-order valence-electron chi connectivity index (χ3n) is 2.27. The van der Waals surface area contributed by atoms with Crippen molar-refractivity contribution in [3.8, 4) is 0 Å². The van der Waals surface area contributed by atoms with E-state index in [1.807, 2.05) is 30.3 Å². The zero-order valence-corrected chi connectivity index (χ0v) is 10.2. The van der Waals surface area contributed by atoms with E-state index in [1.54, 1.807) is 6.21 Å². The molecule has 0 saturated carbocycles. The fourth-order valence-corrected chi connectivity index (χ4v) is 1.34. The molecular weight excluding hydrogens is 266 g/mol. The van der Waals surface area contributed by atoms with Crippen LogP contribution in [-0.2, 0) is 0 Å². The van der Waals surface area contributed by atoms with Crippen LogP contribution in [0, 0.1) is 5.41 Å². The van der Waals surface area contributed by atoms with Gasteiger partial charge in [0.05, 0.1) is 5.57 Å². The summed E-state index contributed by atoms with van der Waals surface area (Å²) in [6, 6.07) is 9.29. The molecule has 1 aromatic carbocycles. The minimum absolute atomic E-state index is 0.150. The lowest BCUT2D eigenvalue weighted by atomic mass is 10.2. The number of hydrogen-bond acceptors (Lipinski definition) is 5. The molecule has 20 heavy (non-hydrogen) atoms. The second-order valence-corrected chi connectivity index (χ2v) is 3.66. The average Bonchev–Trinajstić information content (AvgIpc) is 2.94. The van der Waals surface area contributed by atoms with Crippen LogP contribution < -0.4 is 0 Å². The SMILES string of the molecule is N=C/C(=C\N=C\c1ccccc1)c1nnc(C(F)F)o1. The monoisotopic (exact) mass is 276 g/mol. The molecule has 1 N–H and O–H groups in total. The smallest absolute Gasteiger partial charge is 0.314 e. The first-order valence-corrected chi connectivity index (χ1v) is 5.61. The molecule has 0 saturated heterocycles. The number of halogens is 2. The van der Waals surface area contributed by atoms with Crippen LogP contribution in [0.1, 0.15) is 23.8 Å². The van der Waals surface area contributed by atoms with E-state index < -0.39 is 12.3 Å². The number of hydrogen-bond donors (Lipinski definition) is 1. The molecule has 2 aromatic rings. The van der Waals surface area contributed by atoms with Gasteiger partial charge in [-0.3, -0.25) is 4.99 Å². The fourth-order valence-electron chi connectivity index (χ4n) is 1.34. The predicted octanol–water partition coefficient (Wildman–Crippen LogP) is 3.12. The Morgan fingerprint density at radius 2 is 2.00 bits per heavy atom. The van der Waals surface area contributed by atoms with Crippen LogP contribution in [0.4, 0.5) is 8.78 Å². The quantitative estimate of drug-likeness (QED) is 0.852. The van der Waals surface area contributed by atoms with Crippen molar-refractivity contribution in [2.75, 3.05) is 0 Å². The van der Waals surface area contributed by atoms with Gasteiger partial charge < -0.3 is 9.83 Å². The molecular formula is C13H10F2N4O. The van der Waals surface area contributed by atoms with Gasteiger partial charge in [0.25, 0.3) is 11.8 Å². The van der Waals surface area contributed by atoms with Crippen molar-refractivity contribution in [1.82, 2.24) is 10.2 Å². The second kappa shape index (κ2) is 6.46. The topological polar surface area (TPSA) is 75.1 Å². The number of aromatic nitrogens is 2. The van der Waals surface area contributed by atoms with Crippen LogP contribution in [0.5, 0.6) is 0 Å². The third-order valence-corrected chi connectivity index (χ3v) is 2.27. The maximum absolute atomic E-state index is 12.3. The lowest BCUT2D eigenvalue weighted by Crippen LogP contribution is -1.85. The summed E-state index contributed by atoms with van der Waals surface area (Å²) in [5.41, 5.74) is 1.02. The highest BCUT2D eigenvalue weighted by molar-refractivity contribution is 6.06.